The summed E-state index contributed by atoms with van der Waals surface area (Å²) in [6.45, 7) is 2.06. The average molecular weight is 340 g/mol. The Kier molecular flexibility index (Phi) is 4.46. The fraction of sp³-hybridized carbons (Fsp3) is 0.333. The van der Waals surface area contributed by atoms with Gasteiger partial charge in [0.15, 0.2) is 0 Å². The molecule has 1 saturated heterocycles. The topological polar surface area (TPSA) is 49.4 Å². The van der Waals surface area contributed by atoms with Crippen LogP contribution in [0.5, 0.6) is 0 Å². The number of hydrogen-bond donors (Lipinski definition) is 1. The molecule has 22 heavy (non-hydrogen) atoms. The molecule has 0 saturated carbocycles. The molecule has 1 aliphatic heterocycles. The van der Waals surface area contributed by atoms with Crippen LogP contribution in [0.3, 0.4) is 0 Å². The van der Waals surface area contributed by atoms with Gasteiger partial charge in [0.1, 0.15) is 10.0 Å². The Hall–Kier alpha value is -1.44. The molecule has 0 spiro atoms. The molecule has 1 aromatic heterocycles. The molecule has 2 heterocycles. The van der Waals surface area contributed by atoms with E-state index < -0.39 is 10.0 Å². The third kappa shape index (κ3) is 3.48. The van der Waals surface area contributed by atoms with Crippen molar-refractivity contribution in [2.75, 3.05) is 24.5 Å². The van der Waals surface area contributed by atoms with Gasteiger partial charge in [0.05, 0.1) is 0 Å². The molecule has 0 aliphatic carbocycles. The first-order chi connectivity index (χ1) is 10.5. The van der Waals surface area contributed by atoms with E-state index >= 15 is 0 Å². The van der Waals surface area contributed by atoms with Gasteiger partial charge in [-0.05, 0) is 48.1 Å². The summed E-state index contributed by atoms with van der Waals surface area (Å²) in [5.74, 6) is 0.0167. The van der Waals surface area contributed by atoms with E-state index in [0.29, 0.717) is 10.8 Å². The van der Waals surface area contributed by atoms with E-state index in [-0.39, 0.29) is 11.7 Å². The van der Waals surface area contributed by atoms with Crippen molar-refractivity contribution >= 4 is 27.0 Å². The highest BCUT2D eigenvalue weighted by Gasteiger charge is 2.25. The van der Waals surface area contributed by atoms with Crippen molar-refractivity contribution in [2.24, 2.45) is 5.92 Å². The predicted molar refractivity (Wildman–Crippen MR) is 86.2 cm³/mol. The maximum Gasteiger partial charge on any atom is 0.250 e. The third-order valence-corrected chi connectivity index (χ3v) is 6.62. The van der Waals surface area contributed by atoms with Crippen LogP contribution in [0, 0.1) is 11.7 Å². The molecular weight excluding hydrogens is 323 g/mol. The van der Waals surface area contributed by atoms with E-state index in [1.165, 1.54) is 23.5 Å². The Morgan fingerprint density at radius 2 is 2.05 bits per heavy atom. The summed E-state index contributed by atoms with van der Waals surface area (Å²) in [7, 11) is -3.39. The van der Waals surface area contributed by atoms with Gasteiger partial charge in [0.2, 0.25) is 10.0 Å². The monoisotopic (exact) mass is 340 g/mol. The molecular formula is C15H17FN2O2S2. The first-order valence-electron chi connectivity index (χ1n) is 7.08. The Morgan fingerprint density at radius 3 is 2.73 bits per heavy atom. The van der Waals surface area contributed by atoms with Crippen molar-refractivity contribution < 1.29 is 12.8 Å². The van der Waals surface area contributed by atoms with Crippen LogP contribution in [0.1, 0.15) is 6.42 Å². The van der Waals surface area contributed by atoms with E-state index in [1.807, 2.05) is 0 Å². The quantitative estimate of drug-likeness (QED) is 0.910. The second kappa shape index (κ2) is 6.36. The Balaban J connectivity index is 1.56. The Morgan fingerprint density at radius 1 is 1.27 bits per heavy atom. The molecule has 1 fully saturated rings. The number of nitrogens with zero attached hydrogens (tertiary/aromatic N) is 1. The highest BCUT2D eigenvalue weighted by Crippen LogP contribution is 2.24. The molecule has 1 unspecified atom stereocenters. The lowest BCUT2D eigenvalue weighted by atomic mass is 10.1. The lowest BCUT2D eigenvalue weighted by Crippen LogP contribution is -2.30. The summed E-state index contributed by atoms with van der Waals surface area (Å²) in [6, 6.07) is 9.74. The van der Waals surface area contributed by atoms with Crippen LogP contribution in [-0.4, -0.2) is 28.1 Å². The number of rotatable bonds is 5. The standard InChI is InChI=1S/C15H17FN2O2S2/c16-13-3-5-14(6-4-13)18-8-7-12(11-18)10-17-22(19,20)15-2-1-9-21-15/h1-6,9,12,17H,7-8,10-11H2. The first kappa shape index (κ1) is 15.5. The van der Waals surface area contributed by atoms with Gasteiger partial charge in [-0.25, -0.2) is 17.5 Å². The molecule has 118 valence electrons. The molecule has 1 N–H and O–H groups in total. The predicted octanol–water partition coefficient (Wildman–Crippen LogP) is 2.69. The minimum atomic E-state index is -3.39. The molecule has 0 bridgehead atoms. The van der Waals surface area contributed by atoms with Crippen LogP contribution < -0.4 is 9.62 Å². The highest BCUT2D eigenvalue weighted by molar-refractivity contribution is 7.91. The molecule has 3 rings (SSSR count). The van der Waals surface area contributed by atoms with Crippen molar-refractivity contribution in [1.29, 1.82) is 0 Å². The minimum absolute atomic E-state index is 0.247. The van der Waals surface area contributed by atoms with Gasteiger partial charge in [-0.2, -0.15) is 0 Å². The average Bonchev–Trinajstić information content (AvgIpc) is 3.18. The second-order valence-corrected chi connectivity index (χ2v) is 8.30. The Bertz CT molecular complexity index is 715. The zero-order chi connectivity index (χ0) is 15.6. The summed E-state index contributed by atoms with van der Waals surface area (Å²) in [6.07, 6.45) is 0.921. The van der Waals surface area contributed by atoms with E-state index in [4.69, 9.17) is 0 Å². The lowest BCUT2D eigenvalue weighted by Gasteiger charge is -2.18. The van der Waals surface area contributed by atoms with E-state index in [9.17, 15) is 12.8 Å². The molecule has 1 aromatic carbocycles. The van der Waals surface area contributed by atoms with Crippen LogP contribution in [0.15, 0.2) is 46.0 Å². The number of sulfonamides is 1. The van der Waals surface area contributed by atoms with Crippen LogP contribution in [0.2, 0.25) is 0 Å². The van der Waals surface area contributed by atoms with Crippen LogP contribution in [-0.2, 0) is 10.0 Å². The summed E-state index contributed by atoms with van der Waals surface area (Å²) in [5, 5.41) is 1.75. The molecule has 4 nitrogen and oxygen atoms in total. The molecule has 0 amide bonds. The van der Waals surface area contributed by atoms with Crippen molar-refractivity contribution in [3.8, 4) is 0 Å². The number of thiophene rings is 1. The molecule has 7 heteroatoms. The van der Waals surface area contributed by atoms with Crippen LogP contribution in [0.4, 0.5) is 10.1 Å². The van der Waals surface area contributed by atoms with E-state index in [2.05, 4.69) is 9.62 Å². The van der Waals surface area contributed by atoms with Gasteiger partial charge in [-0.3, -0.25) is 0 Å². The summed E-state index contributed by atoms with van der Waals surface area (Å²) in [5.41, 5.74) is 0.977. The normalized spacial score (nSPS) is 18.8. The maximum atomic E-state index is 12.9. The summed E-state index contributed by atoms with van der Waals surface area (Å²) < 4.78 is 40.1. The number of hydrogen-bond acceptors (Lipinski definition) is 4. The van der Waals surface area contributed by atoms with Crippen molar-refractivity contribution in [3.63, 3.8) is 0 Å². The molecule has 2 aromatic rings. The van der Waals surface area contributed by atoms with Gasteiger partial charge in [-0.1, -0.05) is 6.07 Å². The summed E-state index contributed by atoms with van der Waals surface area (Å²) in [4.78, 5) is 2.16. The zero-order valence-electron chi connectivity index (χ0n) is 11.9. The maximum absolute atomic E-state index is 12.9. The van der Waals surface area contributed by atoms with Crippen molar-refractivity contribution in [2.45, 2.75) is 10.6 Å². The SMILES string of the molecule is O=S(=O)(NCC1CCN(c2ccc(F)cc2)C1)c1cccs1. The van der Waals surface area contributed by atoms with Gasteiger partial charge in [0.25, 0.3) is 0 Å². The minimum Gasteiger partial charge on any atom is -0.371 e. The smallest absolute Gasteiger partial charge is 0.250 e. The Labute approximate surface area is 133 Å². The van der Waals surface area contributed by atoms with Gasteiger partial charge in [-0.15, -0.1) is 11.3 Å². The van der Waals surface area contributed by atoms with E-state index in [1.54, 1.807) is 29.6 Å². The summed E-state index contributed by atoms with van der Waals surface area (Å²) >= 11 is 1.21. The second-order valence-electron chi connectivity index (χ2n) is 5.36. The largest absolute Gasteiger partial charge is 0.371 e. The number of halogens is 1. The van der Waals surface area contributed by atoms with Crippen LogP contribution in [0.25, 0.3) is 0 Å². The number of anilines is 1. The van der Waals surface area contributed by atoms with E-state index in [0.717, 1.165) is 25.2 Å². The van der Waals surface area contributed by atoms with Crippen LogP contribution >= 0.6 is 11.3 Å². The van der Waals surface area contributed by atoms with Gasteiger partial charge in [0, 0.05) is 25.3 Å². The fourth-order valence-corrected chi connectivity index (χ4v) is 4.75. The molecule has 0 radical (unpaired) electrons. The number of benzene rings is 1. The van der Waals surface area contributed by atoms with Crippen molar-refractivity contribution in [3.05, 3.63) is 47.6 Å². The number of nitrogens with one attached hydrogen (secondary N) is 1. The molecule has 1 aliphatic rings. The third-order valence-electron chi connectivity index (χ3n) is 3.80. The first-order valence-corrected chi connectivity index (χ1v) is 9.44. The lowest BCUT2D eigenvalue weighted by molar-refractivity contribution is 0.543. The zero-order valence-corrected chi connectivity index (χ0v) is 13.5. The van der Waals surface area contributed by atoms with Crippen molar-refractivity contribution in [1.82, 2.24) is 4.72 Å². The fourth-order valence-electron chi connectivity index (χ4n) is 2.60. The van der Waals surface area contributed by atoms with Gasteiger partial charge >= 0.3 is 0 Å². The highest BCUT2D eigenvalue weighted by atomic mass is 32.2. The molecule has 1 atom stereocenters. The van der Waals surface area contributed by atoms with Gasteiger partial charge < -0.3 is 4.90 Å².